The van der Waals surface area contributed by atoms with Gasteiger partial charge in [0.1, 0.15) is 0 Å². The number of halogens is 3. The van der Waals surface area contributed by atoms with Crippen molar-refractivity contribution in [3.63, 3.8) is 0 Å². The minimum atomic E-state index is -4.68. The molecule has 1 atom stereocenters. The summed E-state index contributed by atoms with van der Waals surface area (Å²) >= 11 is 0. The number of alkyl halides is 3. The van der Waals surface area contributed by atoms with Crippen molar-refractivity contribution in [3.05, 3.63) is 90.1 Å². The maximum atomic E-state index is 14.2. The van der Waals surface area contributed by atoms with Crippen molar-refractivity contribution in [1.82, 2.24) is 45.2 Å². The number of anilines is 2. The quantitative estimate of drug-likeness (QED) is 0.262. The summed E-state index contributed by atoms with van der Waals surface area (Å²) in [5, 5.41) is 16.8. The first-order valence-corrected chi connectivity index (χ1v) is 12.2. The minimum Gasteiger partial charge on any atom is -0.380 e. The van der Waals surface area contributed by atoms with Crippen molar-refractivity contribution < 1.29 is 13.2 Å². The van der Waals surface area contributed by atoms with E-state index in [-0.39, 0.29) is 23.3 Å². The van der Waals surface area contributed by atoms with Crippen LogP contribution < -0.4 is 10.6 Å². The lowest BCUT2D eigenvalue weighted by Gasteiger charge is -2.24. The second-order valence-corrected chi connectivity index (χ2v) is 8.71. The van der Waals surface area contributed by atoms with E-state index in [0.29, 0.717) is 6.42 Å². The highest BCUT2D eigenvalue weighted by molar-refractivity contribution is 5.83. The fraction of sp³-hybridized carbons (Fsp3) is 0.231. The van der Waals surface area contributed by atoms with Crippen LogP contribution >= 0.6 is 0 Å². The molecular formula is C26H25F3N10. The van der Waals surface area contributed by atoms with Gasteiger partial charge in [-0.25, -0.2) is 19.6 Å². The number of nitrogens with zero attached hydrogens (tertiary/aromatic N) is 7. The monoisotopic (exact) mass is 534 g/mol. The van der Waals surface area contributed by atoms with Crippen LogP contribution in [-0.2, 0) is 6.18 Å². The standard InChI is InChI=1S/C26H25F3N10/c1-3-5-7-16-12-21(33-13-17(16)18-14-34-37-20(18)4-2)19-15-39(38-23(19)26(27,28)29)22-8-11-32-25(35-22)36-24-30-9-6-10-31-24/h4,6,8-15,21,33H,2-3,5,7H2,1H3,(H,34,37)(H,30,31,32,35,36). The maximum absolute atomic E-state index is 14.2. The number of aromatic amines is 1. The minimum absolute atomic E-state index is 0.0255. The predicted molar refractivity (Wildman–Crippen MR) is 140 cm³/mol. The Morgan fingerprint density at radius 3 is 2.69 bits per heavy atom. The number of allylic oxidation sites excluding steroid dienone is 2. The largest absolute Gasteiger partial charge is 0.435 e. The van der Waals surface area contributed by atoms with E-state index in [9.17, 15) is 13.2 Å². The Balaban J connectivity index is 1.51. The van der Waals surface area contributed by atoms with E-state index in [2.05, 4.69) is 59.4 Å². The van der Waals surface area contributed by atoms with Crippen LogP contribution in [0.1, 0.15) is 54.7 Å². The number of hydrogen-bond acceptors (Lipinski definition) is 8. The molecule has 3 N–H and O–H groups in total. The second kappa shape index (κ2) is 10.9. The molecule has 0 aliphatic carbocycles. The second-order valence-electron chi connectivity index (χ2n) is 8.71. The number of dihydropyridines is 1. The third kappa shape index (κ3) is 5.56. The molecule has 4 aromatic rings. The van der Waals surface area contributed by atoms with Gasteiger partial charge in [0.15, 0.2) is 11.5 Å². The molecule has 13 heteroatoms. The van der Waals surface area contributed by atoms with Gasteiger partial charge in [-0.15, -0.1) is 0 Å². The van der Waals surface area contributed by atoms with Crippen LogP contribution in [0.3, 0.4) is 0 Å². The zero-order valence-electron chi connectivity index (χ0n) is 20.9. The van der Waals surface area contributed by atoms with E-state index in [1.54, 1.807) is 36.9 Å². The fourth-order valence-electron chi connectivity index (χ4n) is 4.24. The Bertz CT molecular complexity index is 1520. The van der Waals surface area contributed by atoms with E-state index >= 15 is 0 Å². The average molecular weight is 535 g/mol. The van der Waals surface area contributed by atoms with E-state index in [0.717, 1.165) is 39.9 Å². The normalized spacial score (nSPS) is 15.3. The van der Waals surface area contributed by atoms with E-state index in [1.165, 1.54) is 18.5 Å². The lowest BCUT2D eigenvalue weighted by Crippen LogP contribution is -2.22. The van der Waals surface area contributed by atoms with Crippen LogP contribution in [0, 0.1) is 0 Å². The third-order valence-corrected chi connectivity index (χ3v) is 6.09. The molecule has 1 unspecified atom stereocenters. The Morgan fingerprint density at radius 2 is 1.95 bits per heavy atom. The van der Waals surface area contributed by atoms with Crippen LogP contribution in [0.4, 0.5) is 25.1 Å². The number of unbranched alkanes of at least 4 members (excludes halogenated alkanes) is 1. The number of aromatic nitrogens is 8. The lowest BCUT2D eigenvalue weighted by molar-refractivity contribution is -0.142. The SMILES string of the molecule is C=Cc1[nH]ncc1C1=CNC(c2cn(-c3ccnc(Nc4ncccn4)n3)nc2C(F)(F)F)C=C1CCCC. The topological polar surface area (TPSA) is 122 Å². The summed E-state index contributed by atoms with van der Waals surface area (Å²) in [6, 6.07) is 2.36. The first-order valence-electron chi connectivity index (χ1n) is 12.2. The average Bonchev–Trinajstić information content (AvgIpc) is 3.60. The molecule has 5 heterocycles. The van der Waals surface area contributed by atoms with Gasteiger partial charge in [0.2, 0.25) is 11.9 Å². The summed E-state index contributed by atoms with van der Waals surface area (Å²) in [7, 11) is 0. The third-order valence-electron chi connectivity index (χ3n) is 6.09. The molecule has 1 aliphatic heterocycles. The Hall–Kier alpha value is -4.81. The van der Waals surface area contributed by atoms with Crippen LogP contribution in [-0.4, -0.2) is 39.9 Å². The highest BCUT2D eigenvalue weighted by atomic mass is 19.4. The molecule has 1 aliphatic rings. The highest BCUT2D eigenvalue weighted by Crippen LogP contribution is 2.39. The molecule has 200 valence electrons. The molecule has 0 radical (unpaired) electrons. The Labute approximate surface area is 221 Å². The van der Waals surface area contributed by atoms with Gasteiger partial charge >= 0.3 is 6.18 Å². The Morgan fingerprint density at radius 1 is 1.15 bits per heavy atom. The Kier molecular flexibility index (Phi) is 7.21. The molecule has 10 nitrogen and oxygen atoms in total. The van der Waals surface area contributed by atoms with Gasteiger partial charge in [-0.05, 0) is 30.6 Å². The molecule has 5 rings (SSSR count). The predicted octanol–water partition coefficient (Wildman–Crippen LogP) is 5.38. The maximum Gasteiger partial charge on any atom is 0.435 e. The van der Waals surface area contributed by atoms with Gasteiger partial charge in [-0.3, -0.25) is 10.4 Å². The molecule has 4 aromatic heterocycles. The summed E-state index contributed by atoms with van der Waals surface area (Å²) < 4.78 is 43.6. The van der Waals surface area contributed by atoms with Gasteiger partial charge in [-0.2, -0.15) is 28.4 Å². The van der Waals surface area contributed by atoms with Crippen LogP contribution in [0.25, 0.3) is 17.5 Å². The van der Waals surface area contributed by atoms with Gasteiger partial charge in [0.25, 0.3) is 0 Å². The zero-order chi connectivity index (χ0) is 27.4. The van der Waals surface area contributed by atoms with Crippen molar-refractivity contribution in [3.8, 4) is 5.82 Å². The first kappa shape index (κ1) is 25.8. The van der Waals surface area contributed by atoms with Crippen LogP contribution in [0.15, 0.2) is 67.5 Å². The molecular weight excluding hydrogens is 509 g/mol. The zero-order valence-corrected chi connectivity index (χ0v) is 20.9. The van der Waals surface area contributed by atoms with Crippen molar-refractivity contribution >= 4 is 23.5 Å². The molecule has 0 saturated heterocycles. The molecule has 0 amide bonds. The van der Waals surface area contributed by atoms with Gasteiger partial charge in [0, 0.05) is 53.8 Å². The van der Waals surface area contributed by atoms with Gasteiger partial charge in [-0.1, -0.05) is 26.0 Å². The number of rotatable bonds is 9. The smallest absolute Gasteiger partial charge is 0.380 e. The molecule has 0 aromatic carbocycles. The summed E-state index contributed by atoms with van der Waals surface area (Å²) in [6.07, 6.45) is 10.6. The molecule has 0 saturated carbocycles. The van der Waals surface area contributed by atoms with Crippen molar-refractivity contribution in [2.75, 3.05) is 5.32 Å². The lowest BCUT2D eigenvalue weighted by atomic mass is 9.89. The molecule has 39 heavy (non-hydrogen) atoms. The summed E-state index contributed by atoms with van der Waals surface area (Å²) in [5.41, 5.74) is 2.32. The molecule has 0 spiro atoms. The van der Waals surface area contributed by atoms with E-state index < -0.39 is 17.9 Å². The van der Waals surface area contributed by atoms with E-state index in [1.807, 2.05) is 6.08 Å². The summed E-state index contributed by atoms with van der Waals surface area (Å²) in [4.78, 5) is 16.5. The summed E-state index contributed by atoms with van der Waals surface area (Å²) in [5.74, 6) is 0.520. The van der Waals surface area contributed by atoms with Crippen LogP contribution in [0.2, 0.25) is 0 Å². The first-order chi connectivity index (χ1) is 18.9. The van der Waals surface area contributed by atoms with Gasteiger partial charge in [0.05, 0.1) is 17.9 Å². The number of H-pyrrole nitrogens is 1. The van der Waals surface area contributed by atoms with Crippen LogP contribution in [0.5, 0.6) is 0 Å². The number of hydrogen-bond donors (Lipinski definition) is 3. The van der Waals surface area contributed by atoms with Gasteiger partial charge < -0.3 is 5.32 Å². The number of nitrogens with one attached hydrogen (secondary N) is 3. The summed E-state index contributed by atoms with van der Waals surface area (Å²) in [6.45, 7) is 5.88. The highest BCUT2D eigenvalue weighted by Gasteiger charge is 2.39. The molecule has 0 bridgehead atoms. The molecule has 0 fully saturated rings. The van der Waals surface area contributed by atoms with E-state index in [4.69, 9.17) is 0 Å². The van der Waals surface area contributed by atoms with Crippen molar-refractivity contribution in [1.29, 1.82) is 0 Å². The fourth-order valence-corrected chi connectivity index (χ4v) is 4.24. The van der Waals surface area contributed by atoms with Crippen molar-refractivity contribution in [2.45, 2.75) is 38.4 Å². The van der Waals surface area contributed by atoms with Crippen molar-refractivity contribution in [2.24, 2.45) is 0 Å².